The van der Waals surface area contributed by atoms with E-state index in [1.54, 1.807) is 12.0 Å². The van der Waals surface area contributed by atoms with Crippen LogP contribution in [0.5, 0.6) is 0 Å². The van der Waals surface area contributed by atoms with E-state index < -0.39 is 12.0 Å². The lowest BCUT2D eigenvalue weighted by molar-refractivity contribution is -0.149. The van der Waals surface area contributed by atoms with Crippen molar-refractivity contribution in [1.29, 1.82) is 0 Å². The molecule has 1 aliphatic heterocycles. The molecule has 1 fully saturated rings. The highest BCUT2D eigenvalue weighted by atomic mass is 16.5. The second-order valence-corrected chi connectivity index (χ2v) is 6.25. The average Bonchev–Trinajstić information content (AvgIpc) is 3.09. The van der Waals surface area contributed by atoms with Gasteiger partial charge in [0, 0.05) is 25.5 Å². The summed E-state index contributed by atoms with van der Waals surface area (Å²) in [7, 11) is 2.95. The van der Waals surface area contributed by atoms with Crippen LogP contribution in [-0.4, -0.2) is 49.7 Å². The molecular weight excluding hydrogens is 322 g/mol. The van der Waals surface area contributed by atoms with E-state index in [1.807, 2.05) is 18.2 Å². The highest BCUT2D eigenvalue weighted by Crippen LogP contribution is 2.28. The predicted molar refractivity (Wildman–Crippen MR) is 92.5 cm³/mol. The molecule has 0 saturated carbocycles. The number of rotatable bonds is 4. The van der Waals surface area contributed by atoms with Gasteiger partial charge in [0.1, 0.15) is 17.9 Å². The Morgan fingerprint density at radius 1 is 1.32 bits per heavy atom. The summed E-state index contributed by atoms with van der Waals surface area (Å²) >= 11 is 0. The summed E-state index contributed by atoms with van der Waals surface area (Å²) in [4.78, 5) is 26.9. The maximum Gasteiger partial charge on any atom is 0.328 e. The fourth-order valence-electron chi connectivity index (χ4n) is 3.37. The van der Waals surface area contributed by atoms with Crippen LogP contribution in [0, 0.1) is 0 Å². The first-order chi connectivity index (χ1) is 12.1. The van der Waals surface area contributed by atoms with Crippen LogP contribution in [0.3, 0.4) is 0 Å². The Labute approximate surface area is 146 Å². The molecule has 1 aliphatic rings. The van der Waals surface area contributed by atoms with E-state index in [4.69, 9.17) is 13.9 Å². The van der Waals surface area contributed by atoms with Crippen LogP contribution in [0.15, 0.2) is 28.9 Å². The Hall–Kier alpha value is -2.34. The lowest BCUT2D eigenvalue weighted by atomic mass is 9.97. The fourth-order valence-corrected chi connectivity index (χ4v) is 3.37. The molecule has 0 radical (unpaired) electrons. The van der Waals surface area contributed by atoms with Gasteiger partial charge >= 0.3 is 5.97 Å². The first-order valence-electron chi connectivity index (χ1n) is 8.50. The summed E-state index contributed by atoms with van der Waals surface area (Å²) < 4.78 is 15.8. The molecule has 1 aromatic carbocycles. The number of likely N-dealkylation sites (tertiary alicyclic amines) is 1. The molecule has 6 nitrogen and oxygen atoms in total. The van der Waals surface area contributed by atoms with Crippen molar-refractivity contribution in [2.24, 2.45) is 0 Å². The molecule has 134 valence electrons. The summed E-state index contributed by atoms with van der Waals surface area (Å²) in [5.74, 6) is -0.630. The van der Waals surface area contributed by atoms with Gasteiger partial charge in [-0.3, -0.25) is 4.79 Å². The number of amides is 1. The number of piperidine rings is 1. The second-order valence-electron chi connectivity index (χ2n) is 6.25. The summed E-state index contributed by atoms with van der Waals surface area (Å²) in [5, 5.41) is 0.779. The predicted octanol–water partition coefficient (Wildman–Crippen LogP) is 2.79. The third-order valence-corrected chi connectivity index (χ3v) is 4.90. The third kappa shape index (κ3) is 3.26. The van der Waals surface area contributed by atoms with Crippen molar-refractivity contribution in [3.63, 3.8) is 0 Å². The molecule has 0 bridgehead atoms. The van der Waals surface area contributed by atoms with Crippen LogP contribution in [0.2, 0.25) is 0 Å². The first kappa shape index (κ1) is 17.5. The number of ether oxygens (including phenoxy) is 2. The van der Waals surface area contributed by atoms with E-state index in [9.17, 15) is 9.59 Å². The second kappa shape index (κ2) is 7.27. The molecule has 2 atom stereocenters. The Morgan fingerprint density at radius 2 is 2.12 bits per heavy atom. The van der Waals surface area contributed by atoms with Crippen molar-refractivity contribution in [1.82, 2.24) is 4.90 Å². The quantitative estimate of drug-likeness (QED) is 0.797. The molecule has 0 N–H and O–H groups in total. The average molecular weight is 345 g/mol. The smallest absolute Gasteiger partial charge is 0.328 e. The normalized spacial score (nSPS) is 20.7. The minimum atomic E-state index is -0.643. The van der Waals surface area contributed by atoms with E-state index in [-0.39, 0.29) is 12.0 Å². The third-order valence-electron chi connectivity index (χ3n) is 4.90. The number of benzene rings is 1. The number of esters is 1. The zero-order valence-electron chi connectivity index (χ0n) is 14.8. The van der Waals surface area contributed by atoms with Gasteiger partial charge in [0.15, 0.2) is 0 Å². The van der Waals surface area contributed by atoms with Gasteiger partial charge in [-0.05, 0) is 30.5 Å². The summed E-state index contributed by atoms with van der Waals surface area (Å²) in [6.45, 7) is 2.50. The molecule has 3 rings (SSSR count). The number of carbonyl (C=O) groups excluding carboxylic acids is 2. The highest BCUT2D eigenvalue weighted by Gasteiger charge is 2.38. The van der Waals surface area contributed by atoms with E-state index in [1.165, 1.54) is 13.4 Å². The van der Waals surface area contributed by atoms with Crippen molar-refractivity contribution in [3.05, 3.63) is 35.6 Å². The number of aryl methyl sites for hydroxylation is 1. The maximum atomic E-state index is 13.1. The molecule has 0 spiro atoms. The van der Waals surface area contributed by atoms with Crippen molar-refractivity contribution < 1.29 is 23.5 Å². The SMILES string of the molecule is CCc1ccc2occ(C(=O)N3CC[C@@H](OC)C[C@H]3C(=O)OC)c2c1. The van der Waals surface area contributed by atoms with Gasteiger partial charge in [0.05, 0.1) is 18.8 Å². The molecular formula is C19H23NO5. The Balaban J connectivity index is 1.94. The summed E-state index contributed by atoms with van der Waals surface area (Å²) in [5.41, 5.74) is 2.28. The zero-order valence-corrected chi connectivity index (χ0v) is 14.8. The van der Waals surface area contributed by atoms with Gasteiger partial charge in [0.25, 0.3) is 5.91 Å². The van der Waals surface area contributed by atoms with Gasteiger partial charge in [0.2, 0.25) is 0 Å². The summed E-state index contributed by atoms with van der Waals surface area (Å²) in [6.07, 6.45) is 3.42. The number of hydrogen-bond acceptors (Lipinski definition) is 5. The largest absolute Gasteiger partial charge is 0.467 e. The molecule has 6 heteroatoms. The number of fused-ring (bicyclic) bond motifs is 1. The fraction of sp³-hybridized carbons (Fsp3) is 0.474. The van der Waals surface area contributed by atoms with Crippen LogP contribution in [0.4, 0.5) is 0 Å². The van der Waals surface area contributed by atoms with Crippen molar-refractivity contribution in [3.8, 4) is 0 Å². The molecule has 1 saturated heterocycles. The van der Waals surface area contributed by atoms with E-state index in [0.717, 1.165) is 17.4 Å². The minimum Gasteiger partial charge on any atom is -0.467 e. The standard InChI is InChI=1S/C19H23NO5/c1-4-12-5-6-17-14(9-12)15(11-25-17)18(21)20-8-7-13(23-2)10-16(20)19(22)24-3/h5-6,9,11,13,16H,4,7-8,10H2,1-3H3/t13-,16+/m1/s1. The molecule has 2 heterocycles. The van der Waals surface area contributed by atoms with Gasteiger partial charge in [-0.2, -0.15) is 0 Å². The number of carbonyl (C=O) groups is 2. The highest BCUT2D eigenvalue weighted by molar-refractivity contribution is 6.07. The van der Waals surface area contributed by atoms with Gasteiger partial charge in [-0.25, -0.2) is 4.79 Å². The van der Waals surface area contributed by atoms with Crippen LogP contribution in [0.1, 0.15) is 35.7 Å². The van der Waals surface area contributed by atoms with Gasteiger partial charge in [-0.15, -0.1) is 0 Å². The molecule has 1 aromatic heterocycles. The van der Waals surface area contributed by atoms with E-state index >= 15 is 0 Å². The van der Waals surface area contributed by atoms with Gasteiger partial charge in [-0.1, -0.05) is 13.0 Å². The van der Waals surface area contributed by atoms with E-state index in [2.05, 4.69) is 6.92 Å². The van der Waals surface area contributed by atoms with Crippen LogP contribution in [-0.2, 0) is 20.7 Å². The Morgan fingerprint density at radius 3 is 2.80 bits per heavy atom. The van der Waals surface area contributed by atoms with Crippen LogP contribution < -0.4 is 0 Å². The minimum absolute atomic E-state index is 0.0547. The number of hydrogen-bond donors (Lipinski definition) is 0. The Kier molecular flexibility index (Phi) is 5.08. The lowest BCUT2D eigenvalue weighted by Gasteiger charge is -2.37. The molecule has 25 heavy (non-hydrogen) atoms. The first-order valence-corrected chi connectivity index (χ1v) is 8.50. The topological polar surface area (TPSA) is 69.0 Å². The number of methoxy groups -OCH3 is 2. The van der Waals surface area contributed by atoms with Crippen molar-refractivity contribution in [2.75, 3.05) is 20.8 Å². The summed E-state index contributed by atoms with van der Waals surface area (Å²) in [6, 6.07) is 5.19. The number of nitrogens with zero attached hydrogens (tertiary/aromatic N) is 1. The Bertz CT molecular complexity index is 781. The van der Waals surface area contributed by atoms with E-state index in [0.29, 0.717) is 30.5 Å². The number of furan rings is 1. The molecule has 2 aromatic rings. The lowest BCUT2D eigenvalue weighted by Crippen LogP contribution is -2.52. The van der Waals surface area contributed by atoms with Crippen LogP contribution in [0.25, 0.3) is 11.0 Å². The maximum absolute atomic E-state index is 13.1. The monoisotopic (exact) mass is 345 g/mol. The van der Waals surface area contributed by atoms with Gasteiger partial charge < -0.3 is 18.8 Å². The van der Waals surface area contributed by atoms with Crippen LogP contribution >= 0.6 is 0 Å². The molecule has 0 unspecified atom stereocenters. The molecule has 0 aliphatic carbocycles. The van der Waals surface area contributed by atoms with Crippen molar-refractivity contribution >= 4 is 22.8 Å². The molecule has 1 amide bonds. The zero-order chi connectivity index (χ0) is 18.0. The van der Waals surface area contributed by atoms with Crippen molar-refractivity contribution in [2.45, 2.75) is 38.3 Å².